The van der Waals surface area contributed by atoms with Crippen LogP contribution in [0.15, 0.2) is 66.9 Å². The second-order valence-electron chi connectivity index (χ2n) is 5.68. The molecule has 25 heavy (non-hydrogen) atoms. The number of amides is 1. The van der Waals surface area contributed by atoms with E-state index in [1.165, 1.54) is 12.3 Å². The molecular formula is C20H16Cl2N2O. The Labute approximate surface area is 156 Å². The standard InChI is InChI=1S/C20H16Cl2N2O/c1-13(24-20(25)17-11-18(21)19(22)23-12-17)14-7-9-16(10-8-14)15-5-3-2-4-6-15/h2-13H,1H3,(H,24,25)/t13-/m1/s1. The van der Waals surface area contributed by atoms with Gasteiger partial charge in [0.15, 0.2) is 0 Å². The number of hydrogen-bond acceptors (Lipinski definition) is 2. The molecule has 0 aliphatic rings. The van der Waals surface area contributed by atoms with Crippen LogP contribution in [-0.4, -0.2) is 10.9 Å². The highest BCUT2D eigenvalue weighted by molar-refractivity contribution is 6.41. The lowest BCUT2D eigenvalue weighted by molar-refractivity contribution is 0.0939. The van der Waals surface area contributed by atoms with Crippen molar-refractivity contribution in [3.05, 3.63) is 88.2 Å². The number of pyridine rings is 1. The van der Waals surface area contributed by atoms with Gasteiger partial charge in [0.05, 0.1) is 16.6 Å². The summed E-state index contributed by atoms with van der Waals surface area (Å²) in [5, 5.41) is 3.38. The third-order valence-corrected chi connectivity index (χ3v) is 4.61. The number of aromatic nitrogens is 1. The lowest BCUT2D eigenvalue weighted by Gasteiger charge is -2.15. The zero-order valence-electron chi connectivity index (χ0n) is 13.5. The number of nitrogens with one attached hydrogen (secondary N) is 1. The van der Waals surface area contributed by atoms with Crippen LogP contribution in [0.1, 0.15) is 28.9 Å². The van der Waals surface area contributed by atoms with Gasteiger partial charge in [0.2, 0.25) is 0 Å². The van der Waals surface area contributed by atoms with Crippen molar-refractivity contribution in [1.29, 1.82) is 0 Å². The molecule has 0 fully saturated rings. The van der Waals surface area contributed by atoms with Crippen molar-refractivity contribution >= 4 is 29.1 Å². The average molecular weight is 371 g/mol. The molecular weight excluding hydrogens is 355 g/mol. The maximum Gasteiger partial charge on any atom is 0.253 e. The summed E-state index contributed by atoms with van der Waals surface area (Å²) >= 11 is 11.7. The summed E-state index contributed by atoms with van der Waals surface area (Å²) in [5.41, 5.74) is 3.69. The van der Waals surface area contributed by atoms with Crippen LogP contribution in [0, 0.1) is 0 Å². The van der Waals surface area contributed by atoms with Gasteiger partial charge >= 0.3 is 0 Å². The molecule has 0 aliphatic carbocycles. The average Bonchev–Trinajstić information content (AvgIpc) is 2.64. The van der Waals surface area contributed by atoms with Crippen LogP contribution in [-0.2, 0) is 0 Å². The van der Waals surface area contributed by atoms with Crippen molar-refractivity contribution in [2.24, 2.45) is 0 Å². The smallest absolute Gasteiger partial charge is 0.253 e. The van der Waals surface area contributed by atoms with Crippen molar-refractivity contribution in [2.75, 3.05) is 0 Å². The Bertz CT molecular complexity index is 880. The monoisotopic (exact) mass is 370 g/mol. The molecule has 0 spiro atoms. The first kappa shape index (κ1) is 17.5. The van der Waals surface area contributed by atoms with Gasteiger partial charge in [-0.1, -0.05) is 77.8 Å². The van der Waals surface area contributed by atoms with E-state index in [1.807, 2.05) is 49.4 Å². The maximum absolute atomic E-state index is 12.3. The summed E-state index contributed by atoms with van der Waals surface area (Å²) in [6.07, 6.45) is 1.41. The van der Waals surface area contributed by atoms with E-state index in [0.29, 0.717) is 5.56 Å². The summed E-state index contributed by atoms with van der Waals surface area (Å²) < 4.78 is 0. The van der Waals surface area contributed by atoms with Crippen LogP contribution < -0.4 is 5.32 Å². The van der Waals surface area contributed by atoms with E-state index in [-0.39, 0.29) is 22.1 Å². The van der Waals surface area contributed by atoms with Crippen molar-refractivity contribution in [1.82, 2.24) is 10.3 Å². The van der Waals surface area contributed by atoms with E-state index < -0.39 is 0 Å². The van der Waals surface area contributed by atoms with E-state index >= 15 is 0 Å². The SMILES string of the molecule is C[C@@H](NC(=O)c1cnc(Cl)c(Cl)c1)c1ccc(-c2ccccc2)cc1. The van der Waals surface area contributed by atoms with Crippen LogP contribution in [0.5, 0.6) is 0 Å². The number of nitrogens with zero attached hydrogens (tertiary/aromatic N) is 1. The highest BCUT2D eigenvalue weighted by atomic mass is 35.5. The van der Waals surface area contributed by atoms with Gasteiger partial charge < -0.3 is 5.32 Å². The van der Waals surface area contributed by atoms with Gasteiger partial charge in [-0.25, -0.2) is 4.98 Å². The summed E-state index contributed by atoms with van der Waals surface area (Å²) in [6, 6.07) is 19.6. The zero-order chi connectivity index (χ0) is 17.8. The Balaban J connectivity index is 1.71. The van der Waals surface area contributed by atoms with Crippen molar-refractivity contribution < 1.29 is 4.79 Å². The minimum Gasteiger partial charge on any atom is -0.345 e. The normalized spacial score (nSPS) is 11.8. The number of carbonyl (C=O) groups excluding carboxylic acids is 1. The molecule has 0 bridgehead atoms. The highest BCUT2D eigenvalue weighted by Gasteiger charge is 2.13. The van der Waals surface area contributed by atoms with Crippen LogP contribution in [0.25, 0.3) is 11.1 Å². The minimum atomic E-state index is -0.245. The zero-order valence-corrected chi connectivity index (χ0v) is 15.1. The molecule has 3 aromatic rings. The first-order valence-corrected chi connectivity index (χ1v) is 8.57. The topological polar surface area (TPSA) is 42.0 Å². The predicted octanol–water partition coefficient (Wildman–Crippen LogP) is 5.55. The third-order valence-electron chi connectivity index (χ3n) is 3.92. The molecule has 2 aromatic carbocycles. The Morgan fingerprint density at radius 2 is 1.64 bits per heavy atom. The Morgan fingerprint density at radius 3 is 2.28 bits per heavy atom. The summed E-state index contributed by atoms with van der Waals surface area (Å²) in [5.74, 6) is -0.245. The van der Waals surface area contributed by atoms with E-state index in [1.54, 1.807) is 0 Å². The van der Waals surface area contributed by atoms with Crippen molar-refractivity contribution in [2.45, 2.75) is 13.0 Å². The molecule has 1 aromatic heterocycles. The summed E-state index contributed by atoms with van der Waals surface area (Å²) in [7, 11) is 0. The van der Waals surface area contributed by atoms with Crippen molar-refractivity contribution in [3.63, 3.8) is 0 Å². The molecule has 5 heteroatoms. The van der Waals surface area contributed by atoms with Gasteiger partial charge in [0, 0.05) is 6.20 Å². The van der Waals surface area contributed by atoms with Crippen LogP contribution in [0.3, 0.4) is 0 Å². The molecule has 0 radical (unpaired) electrons. The van der Waals surface area contributed by atoms with Gasteiger partial charge in [-0.15, -0.1) is 0 Å². The number of benzene rings is 2. The highest BCUT2D eigenvalue weighted by Crippen LogP contribution is 2.23. The molecule has 3 rings (SSSR count). The van der Waals surface area contributed by atoms with Crippen LogP contribution >= 0.6 is 23.2 Å². The molecule has 0 saturated carbocycles. The summed E-state index contributed by atoms with van der Waals surface area (Å²) in [4.78, 5) is 16.2. The lowest BCUT2D eigenvalue weighted by Crippen LogP contribution is -2.26. The number of carbonyl (C=O) groups is 1. The predicted molar refractivity (Wildman–Crippen MR) is 102 cm³/mol. The fourth-order valence-electron chi connectivity index (χ4n) is 2.50. The van der Waals surface area contributed by atoms with E-state index in [0.717, 1.165) is 16.7 Å². The minimum absolute atomic E-state index is 0.147. The molecule has 0 aliphatic heterocycles. The van der Waals surface area contributed by atoms with E-state index in [9.17, 15) is 4.79 Å². The quantitative estimate of drug-likeness (QED) is 0.612. The van der Waals surface area contributed by atoms with Crippen LogP contribution in [0.4, 0.5) is 0 Å². The van der Waals surface area contributed by atoms with E-state index in [2.05, 4.69) is 22.4 Å². The third kappa shape index (κ3) is 4.19. The van der Waals surface area contributed by atoms with Gasteiger partial charge in [0.1, 0.15) is 5.15 Å². The Kier molecular flexibility index (Phi) is 5.37. The fraction of sp³-hybridized carbons (Fsp3) is 0.100. The first-order chi connectivity index (χ1) is 12.0. The molecule has 1 amide bonds. The second kappa shape index (κ2) is 7.68. The number of halogens is 2. The molecule has 1 N–H and O–H groups in total. The van der Waals surface area contributed by atoms with E-state index in [4.69, 9.17) is 23.2 Å². The number of hydrogen-bond donors (Lipinski definition) is 1. The van der Waals surface area contributed by atoms with Gasteiger partial charge in [-0.2, -0.15) is 0 Å². The van der Waals surface area contributed by atoms with Crippen LogP contribution in [0.2, 0.25) is 10.2 Å². The molecule has 1 heterocycles. The Morgan fingerprint density at radius 1 is 1.00 bits per heavy atom. The fourth-order valence-corrected chi connectivity index (χ4v) is 2.77. The number of rotatable bonds is 4. The lowest BCUT2D eigenvalue weighted by atomic mass is 10.0. The largest absolute Gasteiger partial charge is 0.345 e. The Hall–Kier alpha value is -2.36. The molecule has 3 nitrogen and oxygen atoms in total. The molecule has 1 atom stereocenters. The molecule has 126 valence electrons. The summed E-state index contributed by atoms with van der Waals surface area (Å²) in [6.45, 7) is 1.93. The van der Waals surface area contributed by atoms with Gasteiger partial charge in [-0.05, 0) is 29.7 Å². The second-order valence-corrected chi connectivity index (χ2v) is 6.45. The molecule has 0 saturated heterocycles. The maximum atomic E-state index is 12.3. The van der Waals surface area contributed by atoms with Gasteiger partial charge in [-0.3, -0.25) is 4.79 Å². The first-order valence-electron chi connectivity index (χ1n) is 7.82. The molecule has 0 unspecified atom stereocenters. The van der Waals surface area contributed by atoms with Crippen molar-refractivity contribution in [3.8, 4) is 11.1 Å². The van der Waals surface area contributed by atoms with Gasteiger partial charge in [0.25, 0.3) is 5.91 Å².